The summed E-state index contributed by atoms with van der Waals surface area (Å²) in [7, 11) is 0. The predicted molar refractivity (Wildman–Crippen MR) is 144 cm³/mol. The molecule has 0 aliphatic heterocycles. The zero-order valence-electron chi connectivity index (χ0n) is 21.2. The van der Waals surface area contributed by atoms with Crippen LogP contribution in [0.25, 0.3) is 22.4 Å². The number of nitrogens with one attached hydrogen (secondary N) is 2. The van der Waals surface area contributed by atoms with Gasteiger partial charge in [0.15, 0.2) is 6.10 Å². The van der Waals surface area contributed by atoms with E-state index in [0.29, 0.717) is 33.0 Å². The Kier molecular flexibility index (Phi) is 7.50. The highest BCUT2D eigenvalue weighted by Gasteiger charge is 2.30. The molecular formula is C28H28N4O5S. The van der Waals surface area contributed by atoms with Gasteiger partial charge in [0, 0.05) is 22.8 Å². The third kappa shape index (κ3) is 5.17. The number of hydrogen-bond donors (Lipinski definition) is 2. The van der Waals surface area contributed by atoms with Crippen molar-refractivity contribution in [1.82, 2.24) is 15.0 Å². The van der Waals surface area contributed by atoms with Gasteiger partial charge in [0.1, 0.15) is 10.8 Å². The summed E-state index contributed by atoms with van der Waals surface area (Å²) in [5.41, 5.74) is 3.86. The van der Waals surface area contributed by atoms with Gasteiger partial charge in [-0.1, -0.05) is 6.92 Å². The van der Waals surface area contributed by atoms with Gasteiger partial charge in [-0.3, -0.25) is 9.78 Å². The normalized spacial score (nSPS) is 13.5. The average molecular weight is 533 g/mol. The third-order valence-electron chi connectivity index (χ3n) is 6.45. The number of carbonyl (C=O) groups excluding carboxylic acids is 3. The van der Waals surface area contributed by atoms with Crippen molar-refractivity contribution in [2.24, 2.45) is 0 Å². The van der Waals surface area contributed by atoms with Gasteiger partial charge >= 0.3 is 11.9 Å². The number of nitrogens with zero attached hydrogens (tertiary/aromatic N) is 2. The highest BCUT2D eigenvalue weighted by atomic mass is 32.1. The molecule has 1 aliphatic rings. The number of rotatable bonds is 8. The van der Waals surface area contributed by atoms with Crippen LogP contribution in [-0.4, -0.2) is 45.5 Å². The van der Waals surface area contributed by atoms with Crippen LogP contribution >= 0.6 is 11.3 Å². The molecule has 0 bridgehead atoms. The van der Waals surface area contributed by atoms with Crippen molar-refractivity contribution >= 4 is 45.2 Å². The van der Waals surface area contributed by atoms with Crippen molar-refractivity contribution in [3.8, 4) is 11.4 Å². The number of fused-ring (bicyclic) bond motifs is 2. The first-order chi connectivity index (χ1) is 18.5. The number of hydrogen-bond acceptors (Lipinski definition) is 8. The van der Waals surface area contributed by atoms with E-state index < -0.39 is 23.9 Å². The fourth-order valence-electron chi connectivity index (χ4n) is 4.56. The summed E-state index contributed by atoms with van der Waals surface area (Å²) in [5.74, 6) is -0.903. The predicted octanol–water partition coefficient (Wildman–Crippen LogP) is 5.32. The molecule has 0 radical (unpaired) electrons. The quantitative estimate of drug-likeness (QED) is 0.295. The first-order valence-electron chi connectivity index (χ1n) is 12.7. The highest BCUT2D eigenvalue weighted by Crippen LogP contribution is 2.38. The third-order valence-corrected chi connectivity index (χ3v) is 7.66. The number of thiophene rings is 1. The molecule has 196 valence electrons. The molecule has 4 aromatic rings. The van der Waals surface area contributed by atoms with Crippen molar-refractivity contribution < 1.29 is 23.9 Å². The van der Waals surface area contributed by atoms with Crippen LogP contribution in [0.15, 0.2) is 42.7 Å². The van der Waals surface area contributed by atoms with Crippen molar-refractivity contribution in [3.05, 3.63) is 64.3 Å². The van der Waals surface area contributed by atoms with Gasteiger partial charge in [-0.25, -0.2) is 14.6 Å². The lowest BCUT2D eigenvalue weighted by atomic mass is 9.95. The van der Waals surface area contributed by atoms with Crippen LogP contribution in [0.1, 0.15) is 64.3 Å². The minimum absolute atomic E-state index is 0.246. The van der Waals surface area contributed by atoms with E-state index in [2.05, 4.69) is 20.3 Å². The fourth-order valence-corrected chi connectivity index (χ4v) is 5.84. The maximum absolute atomic E-state index is 13.2. The molecule has 1 aromatic carbocycles. The number of imidazole rings is 1. The zero-order chi connectivity index (χ0) is 26.6. The number of amides is 1. The highest BCUT2D eigenvalue weighted by molar-refractivity contribution is 7.17. The Bertz CT molecular complexity index is 1490. The SMILES string of the molecule is CCOC(=O)c1c(NC(=O)C(CC)OC(=O)c2ccc3nc(-c4cccnc4)[nH]c3c2)sc2c1CCCC2. The molecule has 3 aromatic heterocycles. The first kappa shape index (κ1) is 25.6. The molecule has 10 heteroatoms. The standard InChI is InChI=1S/C28H28N4O5S/c1-3-21(25(33)32-26-23(28(35)36-4-2)18-9-5-6-10-22(18)38-26)37-27(34)16-11-12-19-20(14-16)31-24(30-19)17-8-7-13-29-15-17/h7-8,11-15,21H,3-6,9-10H2,1-2H3,(H,30,31)(H,32,33). The monoisotopic (exact) mass is 532 g/mol. The summed E-state index contributed by atoms with van der Waals surface area (Å²) in [5, 5.41) is 3.30. The van der Waals surface area contributed by atoms with E-state index in [4.69, 9.17) is 9.47 Å². The lowest BCUT2D eigenvalue weighted by Crippen LogP contribution is -2.32. The van der Waals surface area contributed by atoms with Gasteiger partial charge in [-0.05, 0) is 74.9 Å². The van der Waals surface area contributed by atoms with E-state index in [1.54, 1.807) is 44.4 Å². The van der Waals surface area contributed by atoms with Crippen molar-refractivity contribution in [2.75, 3.05) is 11.9 Å². The Morgan fingerprint density at radius 2 is 1.97 bits per heavy atom. The summed E-state index contributed by atoms with van der Waals surface area (Å²) in [6.45, 7) is 3.76. The fraction of sp³-hybridized carbons (Fsp3) is 0.321. The van der Waals surface area contributed by atoms with E-state index >= 15 is 0 Å². The van der Waals surface area contributed by atoms with Gasteiger partial charge < -0.3 is 19.8 Å². The molecule has 1 amide bonds. The number of ether oxygens (including phenoxy) is 2. The maximum Gasteiger partial charge on any atom is 0.341 e. The number of aromatic amines is 1. The Hall–Kier alpha value is -4.05. The number of benzene rings is 1. The summed E-state index contributed by atoms with van der Waals surface area (Å²) in [6, 6.07) is 8.71. The second-order valence-corrected chi connectivity index (χ2v) is 10.1. The van der Waals surface area contributed by atoms with Gasteiger partial charge in [0.25, 0.3) is 5.91 Å². The Balaban J connectivity index is 1.32. The zero-order valence-corrected chi connectivity index (χ0v) is 22.0. The van der Waals surface area contributed by atoms with Crippen LogP contribution in [0.3, 0.4) is 0 Å². The molecule has 0 saturated heterocycles. The molecule has 2 N–H and O–H groups in total. The molecule has 3 heterocycles. The van der Waals surface area contributed by atoms with E-state index in [9.17, 15) is 14.4 Å². The molecule has 0 fully saturated rings. The minimum Gasteiger partial charge on any atom is -0.462 e. The van der Waals surface area contributed by atoms with Gasteiger partial charge in [-0.15, -0.1) is 11.3 Å². The number of aryl methyl sites for hydroxylation is 1. The van der Waals surface area contributed by atoms with Crippen LogP contribution in [0.4, 0.5) is 5.00 Å². The molecule has 0 saturated carbocycles. The molecule has 38 heavy (non-hydrogen) atoms. The van der Waals surface area contributed by atoms with Gasteiger partial charge in [-0.2, -0.15) is 0 Å². The van der Waals surface area contributed by atoms with Crippen LogP contribution in [0.2, 0.25) is 0 Å². The van der Waals surface area contributed by atoms with E-state index in [0.717, 1.165) is 41.7 Å². The number of anilines is 1. The minimum atomic E-state index is -1.03. The van der Waals surface area contributed by atoms with Gasteiger partial charge in [0.05, 0.1) is 28.8 Å². The van der Waals surface area contributed by atoms with Crippen LogP contribution < -0.4 is 5.32 Å². The number of esters is 2. The van der Waals surface area contributed by atoms with E-state index in [1.807, 2.05) is 12.1 Å². The number of aromatic nitrogens is 3. The summed E-state index contributed by atoms with van der Waals surface area (Å²) < 4.78 is 10.9. The summed E-state index contributed by atoms with van der Waals surface area (Å²) in [4.78, 5) is 51.8. The second-order valence-electron chi connectivity index (χ2n) is 8.99. The second kappa shape index (κ2) is 11.1. The lowest BCUT2D eigenvalue weighted by Gasteiger charge is -2.16. The van der Waals surface area contributed by atoms with Crippen molar-refractivity contribution in [3.63, 3.8) is 0 Å². The molecular weight excluding hydrogens is 504 g/mol. The molecule has 1 aliphatic carbocycles. The summed E-state index contributed by atoms with van der Waals surface area (Å²) >= 11 is 1.40. The maximum atomic E-state index is 13.2. The van der Waals surface area contributed by atoms with E-state index in [1.165, 1.54) is 11.3 Å². The molecule has 0 spiro atoms. The molecule has 5 rings (SSSR count). The van der Waals surface area contributed by atoms with Crippen molar-refractivity contribution in [2.45, 2.75) is 52.1 Å². The van der Waals surface area contributed by atoms with Crippen molar-refractivity contribution in [1.29, 1.82) is 0 Å². The van der Waals surface area contributed by atoms with Crippen LogP contribution in [0.5, 0.6) is 0 Å². The smallest absolute Gasteiger partial charge is 0.341 e. The van der Waals surface area contributed by atoms with Crippen LogP contribution in [-0.2, 0) is 27.1 Å². The van der Waals surface area contributed by atoms with Gasteiger partial charge in [0.2, 0.25) is 0 Å². The number of pyridine rings is 1. The Labute approximate surface area is 223 Å². The molecule has 1 atom stereocenters. The van der Waals surface area contributed by atoms with Crippen LogP contribution in [0, 0.1) is 0 Å². The van der Waals surface area contributed by atoms with E-state index in [-0.39, 0.29) is 13.0 Å². The first-order valence-corrected chi connectivity index (χ1v) is 13.5. The topological polar surface area (TPSA) is 123 Å². The Morgan fingerprint density at radius 3 is 2.74 bits per heavy atom. The molecule has 1 unspecified atom stereocenters. The average Bonchev–Trinajstić information content (AvgIpc) is 3.53. The number of H-pyrrole nitrogens is 1. The number of carbonyl (C=O) groups is 3. The molecule has 9 nitrogen and oxygen atoms in total. The summed E-state index contributed by atoms with van der Waals surface area (Å²) in [6.07, 6.45) is 6.31. The Morgan fingerprint density at radius 1 is 1.13 bits per heavy atom. The lowest BCUT2D eigenvalue weighted by molar-refractivity contribution is -0.124. The largest absolute Gasteiger partial charge is 0.462 e.